The molecule has 1 aliphatic heterocycles. The van der Waals surface area contributed by atoms with E-state index in [1.165, 1.54) is 0 Å². The number of benzene rings is 1. The number of nitrogens with two attached hydrogens (primary N) is 1. The number of oxazole rings is 1. The average molecular weight is 334 g/mol. The van der Waals surface area contributed by atoms with E-state index < -0.39 is 6.03 Å². The van der Waals surface area contributed by atoms with Gasteiger partial charge in [-0.25, -0.2) is 4.79 Å². The predicted octanol–water partition coefficient (Wildman–Crippen LogP) is 2.15. The molecule has 3 amide bonds. The van der Waals surface area contributed by atoms with Gasteiger partial charge in [0.2, 0.25) is 0 Å². The van der Waals surface area contributed by atoms with Gasteiger partial charge in [0.25, 0.3) is 10.7 Å². The highest BCUT2D eigenvalue weighted by Gasteiger charge is 2.27. The number of aromatic nitrogens is 1. The highest BCUT2D eigenvalue weighted by atomic mass is 32.1. The molecule has 7 nitrogen and oxygen atoms in total. The summed E-state index contributed by atoms with van der Waals surface area (Å²) in [6, 6.07) is 4.60. The molecular formula is C15H18N4O3S. The van der Waals surface area contributed by atoms with Gasteiger partial charge in [0.05, 0.1) is 5.52 Å². The summed E-state index contributed by atoms with van der Waals surface area (Å²) in [7, 11) is 0. The lowest BCUT2D eigenvalue weighted by Gasteiger charge is -2.35. The van der Waals surface area contributed by atoms with Crippen molar-refractivity contribution in [3.63, 3.8) is 0 Å². The summed E-state index contributed by atoms with van der Waals surface area (Å²) in [5, 5.41) is 2.59. The van der Waals surface area contributed by atoms with E-state index in [1.54, 1.807) is 23.1 Å². The van der Waals surface area contributed by atoms with Crippen LogP contribution < -0.4 is 11.1 Å². The van der Waals surface area contributed by atoms with Gasteiger partial charge in [-0.3, -0.25) is 4.79 Å². The number of primary amides is 1. The monoisotopic (exact) mass is 334 g/mol. The van der Waals surface area contributed by atoms with Gasteiger partial charge in [-0.1, -0.05) is 0 Å². The molecule has 2 aromatic rings. The summed E-state index contributed by atoms with van der Waals surface area (Å²) in [5.41, 5.74) is 6.99. The van der Waals surface area contributed by atoms with E-state index in [0.29, 0.717) is 24.2 Å². The zero-order chi connectivity index (χ0) is 16.4. The maximum Gasteiger partial charge on any atom is 0.312 e. The first-order valence-electron chi connectivity index (χ1n) is 7.52. The second-order valence-corrected chi connectivity index (χ2v) is 5.99. The molecule has 2 heterocycles. The van der Waals surface area contributed by atoms with Crippen molar-refractivity contribution in [2.75, 3.05) is 13.1 Å². The Morgan fingerprint density at radius 2 is 2.26 bits per heavy atom. The Hall–Kier alpha value is -2.35. The lowest BCUT2D eigenvalue weighted by Crippen LogP contribution is -2.50. The maximum absolute atomic E-state index is 12.8. The van der Waals surface area contributed by atoms with Crippen LogP contribution in [0.2, 0.25) is 0 Å². The van der Waals surface area contributed by atoms with Gasteiger partial charge in [0.1, 0.15) is 0 Å². The standard InChI is InChI=1S/C15H18N4O3S/c16-14(21)17-8-10-3-1-2-6-19(10)13(20)9-4-5-11-12(7-9)22-15(23)18-11/h4-5,7,10H,1-3,6,8H2,(H,18,23)(H3,16,17,21). The fraction of sp³-hybridized carbons (Fsp3) is 0.400. The molecule has 4 N–H and O–H groups in total. The van der Waals surface area contributed by atoms with Crippen LogP contribution >= 0.6 is 12.2 Å². The minimum absolute atomic E-state index is 0.0443. The number of carbonyl (C=O) groups is 2. The highest BCUT2D eigenvalue weighted by Crippen LogP contribution is 2.22. The van der Waals surface area contributed by atoms with E-state index in [1.807, 2.05) is 0 Å². The Bertz CT molecular complexity index is 797. The number of H-pyrrole nitrogens is 1. The van der Waals surface area contributed by atoms with Crippen LogP contribution in [-0.4, -0.2) is 41.0 Å². The third kappa shape index (κ3) is 3.37. The van der Waals surface area contributed by atoms with Gasteiger partial charge in [0.15, 0.2) is 5.58 Å². The number of carbonyl (C=O) groups excluding carboxylic acids is 2. The van der Waals surface area contributed by atoms with Crippen molar-refractivity contribution in [1.29, 1.82) is 0 Å². The fourth-order valence-corrected chi connectivity index (χ4v) is 3.14. The number of aromatic amines is 1. The number of rotatable bonds is 3. The molecule has 1 unspecified atom stereocenters. The summed E-state index contributed by atoms with van der Waals surface area (Å²) in [4.78, 5) is 28.7. The van der Waals surface area contributed by atoms with E-state index in [0.717, 1.165) is 24.8 Å². The minimum atomic E-state index is -0.575. The number of likely N-dealkylation sites (tertiary alicyclic amines) is 1. The molecule has 0 bridgehead atoms. The number of fused-ring (bicyclic) bond motifs is 1. The Morgan fingerprint density at radius 3 is 3.04 bits per heavy atom. The van der Waals surface area contributed by atoms with Crippen molar-refractivity contribution in [2.24, 2.45) is 5.73 Å². The van der Waals surface area contributed by atoms with Crippen LogP contribution in [0.15, 0.2) is 22.6 Å². The second-order valence-electron chi connectivity index (χ2n) is 5.62. The molecule has 0 spiro atoms. The first-order chi connectivity index (χ1) is 11.0. The van der Waals surface area contributed by atoms with E-state index in [4.69, 9.17) is 22.4 Å². The van der Waals surface area contributed by atoms with Gasteiger partial charge in [0, 0.05) is 24.7 Å². The summed E-state index contributed by atoms with van der Waals surface area (Å²) in [6.07, 6.45) is 2.82. The molecule has 1 saturated heterocycles. The Morgan fingerprint density at radius 1 is 1.43 bits per heavy atom. The molecule has 122 valence electrons. The first kappa shape index (κ1) is 15.5. The van der Waals surface area contributed by atoms with E-state index in [-0.39, 0.29) is 16.8 Å². The fourth-order valence-electron chi connectivity index (χ4n) is 2.94. The van der Waals surface area contributed by atoms with Crippen molar-refractivity contribution in [1.82, 2.24) is 15.2 Å². The van der Waals surface area contributed by atoms with Crippen LogP contribution in [0.25, 0.3) is 11.1 Å². The Kier molecular flexibility index (Phi) is 4.33. The molecule has 1 fully saturated rings. The molecule has 0 saturated carbocycles. The molecule has 3 rings (SSSR count). The molecular weight excluding hydrogens is 316 g/mol. The topological polar surface area (TPSA) is 104 Å². The largest absolute Gasteiger partial charge is 0.429 e. The zero-order valence-electron chi connectivity index (χ0n) is 12.5. The van der Waals surface area contributed by atoms with Gasteiger partial charge in [-0.2, -0.15) is 0 Å². The van der Waals surface area contributed by atoms with E-state index in [2.05, 4.69) is 10.3 Å². The molecule has 1 aromatic carbocycles. The van der Waals surface area contributed by atoms with Crippen molar-refractivity contribution < 1.29 is 14.0 Å². The number of nitrogens with zero attached hydrogens (tertiary/aromatic N) is 1. The Labute approximate surface area is 137 Å². The Balaban J connectivity index is 1.82. The van der Waals surface area contributed by atoms with Crippen LogP contribution in [0.3, 0.4) is 0 Å². The van der Waals surface area contributed by atoms with Crippen molar-refractivity contribution >= 4 is 35.3 Å². The van der Waals surface area contributed by atoms with E-state index in [9.17, 15) is 9.59 Å². The summed E-state index contributed by atoms with van der Waals surface area (Å²) in [6.45, 7) is 1.03. The lowest BCUT2D eigenvalue weighted by atomic mass is 10.0. The van der Waals surface area contributed by atoms with Crippen LogP contribution in [0.4, 0.5) is 4.79 Å². The SMILES string of the molecule is NC(=O)NCC1CCCCN1C(=O)c1ccc2[nH]c(=S)oc2c1. The number of piperidine rings is 1. The lowest BCUT2D eigenvalue weighted by molar-refractivity contribution is 0.0615. The number of nitrogens with one attached hydrogen (secondary N) is 2. The van der Waals surface area contributed by atoms with Crippen LogP contribution in [0.5, 0.6) is 0 Å². The maximum atomic E-state index is 12.8. The second kappa shape index (κ2) is 6.41. The summed E-state index contributed by atoms with van der Waals surface area (Å²) < 4.78 is 5.37. The molecule has 1 atom stereocenters. The van der Waals surface area contributed by atoms with Gasteiger partial charge in [-0.05, 0) is 49.7 Å². The molecule has 8 heteroatoms. The molecule has 23 heavy (non-hydrogen) atoms. The smallest absolute Gasteiger partial charge is 0.312 e. The minimum Gasteiger partial charge on any atom is -0.429 e. The van der Waals surface area contributed by atoms with Crippen LogP contribution in [0, 0.1) is 4.84 Å². The zero-order valence-corrected chi connectivity index (χ0v) is 13.3. The average Bonchev–Trinajstić information content (AvgIpc) is 2.91. The van der Waals surface area contributed by atoms with E-state index >= 15 is 0 Å². The normalized spacial score (nSPS) is 18.1. The van der Waals surface area contributed by atoms with Crippen LogP contribution in [0.1, 0.15) is 29.6 Å². The molecule has 1 aromatic heterocycles. The van der Waals surface area contributed by atoms with Gasteiger partial charge >= 0.3 is 6.03 Å². The van der Waals surface area contributed by atoms with Crippen LogP contribution in [-0.2, 0) is 0 Å². The summed E-state index contributed by atoms with van der Waals surface area (Å²) >= 11 is 4.96. The molecule has 0 aliphatic carbocycles. The quantitative estimate of drug-likeness (QED) is 0.748. The highest BCUT2D eigenvalue weighted by molar-refractivity contribution is 7.71. The number of urea groups is 1. The summed E-state index contributed by atoms with van der Waals surface area (Å²) in [5.74, 6) is -0.0785. The number of hydrogen-bond donors (Lipinski definition) is 3. The van der Waals surface area contributed by atoms with Crippen molar-refractivity contribution in [3.8, 4) is 0 Å². The molecule has 1 aliphatic rings. The van der Waals surface area contributed by atoms with Gasteiger partial charge < -0.3 is 25.4 Å². The third-order valence-electron chi connectivity index (χ3n) is 4.07. The van der Waals surface area contributed by atoms with Crippen molar-refractivity contribution in [3.05, 3.63) is 28.6 Å². The van der Waals surface area contributed by atoms with Crippen molar-refractivity contribution in [2.45, 2.75) is 25.3 Å². The molecule has 0 radical (unpaired) electrons. The first-order valence-corrected chi connectivity index (χ1v) is 7.92. The predicted molar refractivity (Wildman–Crippen MR) is 87.7 cm³/mol. The number of hydrogen-bond acceptors (Lipinski definition) is 4. The van der Waals surface area contributed by atoms with Gasteiger partial charge in [-0.15, -0.1) is 0 Å². The third-order valence-corrected chi connectivity index (χ3v) is 4.25. The number of amides is 3.